The number of hydrogen-bond acceptors (Lipinski definition) is 2. The molecule has 1 aromatic carbocycles. The molecule has 2 rings (SSSR count). The van der Waals surface area contributed by atoms with E-state index in [1.807, 2.05) is 13.8 Å². The van der Waals surface area contributed by atoms with Gasteiger partial charge >= 0.3 is 0 Å². The van der Waals surface area contributed by atoms with Gasteiger partial charge in [0.1, 0.15) is 11.6 Å². The molecule has 19 heavy (non-hydrogen) atoms. The summed E-state index contributed by atoms with van der Waals surface area (Å²) in [5, 5.41) is 0. The molecule has 3 nitrogen and oxygen atoms in total. The monoisotopic (exact) mass is 268 g/mol. The molecule has 5 heteroatoms. The van der Waals surface area contributed by atoms with E-state index in [0.29, 0.717) is 12.1 Å². The van der Waals surface area contributed by atoms with Crippen molar-refractivity contribution in [3.05, 3.63) is 35.4 Å². The first-order valence-corrected chi connectivity index (χ1v) is 6.39. The van der Waals surface area contributed by atoms with Gasteiger partial charge in [-0.05, 0) is 23.6 Å². The van der Waals surface area contributed by atoms with E-state index in [4.69, 9.17) is 5.73 Å². The number of carbonyl (C=O) groups is 1. The van der Waals surface area contributed by atoms with Crippen LogP contribution in [0, 0.1) is 17.6 Å². The molecule has 1 aromatic rings. The summed E-state index contributed by atoms with van der Waals surface area (Å²) in [7, 11) is 0. The molecule has 0 radical (unpaired) electrons. The summed E-state index contributed by atoms with van der Waals surface area (Å²) < 4.78 is 26.6. The third-order valence-electron chi connectivity index (χ3n) is 3.26. The summed E-state index contributed by atoms with van der Waals surface area (Å²) in [5.41, 5.74) is 6.39. The number of likely N-dealkylation sites (tertiary alicyclic amines) is 1. The van der Waals surface area contributed by atoms with Crippen LogP contribution in [0.15, 0.2) is 18.2 Å². The number of amides is 1. The lowest BCUT2D eigenvalue weighted by Crippen LogP contribution is -2.35. The van der Waals surface area contributed by atoms with E-state index in [1.165, 1.54) is 12.1 Å². The lowest BCUT2D eigenvalue weighted by atomic mass is 10.00. The van der Waals surface area contributed by atoms with Gasteiger partial charge in [-0.2, -0.15) is 0 Å². The fraction of sp³-hybridized carbons (Fsp3) is 0.500. The Morgan fingerprint density at radius 3 is 2.42 bits per heavy atom. The number of nitrogens with two attached hydrogens (primary N) is 1. The van der Waals surface area contributed by atoms with E-state index < -0.39 is 23.7 Å². The van der Waals surface area contributed by atoms with Gasteiger partial charge in [-0.15, -0.1) is 0 Å². The first kappa shape index (κ1) is 13.9. The Morgan fingerprint density at radius 1 is 1.32 bits per heavy atom. The average molecular weight is 268 g/mol. The molecular formula is C14H18F2N2O. The van der Waals surface area contributed by atoms with Crippen LogP contribution in [0.3, 0.4) is 0 Å². The Balaban J connectivity index is 2.36. The van der Waals surface area contributed by atoms with Crippen molar-refractivity contribution >= 4 is 5.91 Å². The van der Waals surface area contributed by atoms with Gasteiger partial charge in [0.25, 0.3) is 0 Å². The Kier molecular flexibility index (Phi) is 3.85. The SMILES string of the molecule is CC(C)CN1C(=O)CC(N)C1c1cc(F)cc(F)c1. The van der Waals surface area contributed by atoms with Crippen molar-refractivity contribution in [2.45, 2.75) is 32.4 Å². The Hall–Kier alpha value is -1.49. The fourth-order valence-electron chi connectivity index (χ4n) is 2.60. The molecule has 1 fully saturated rings. The Morgan fingerprint density at radius 2 is 1.89 bits per heavy atom. The molecule has 2 unspecified atom stereocenters. The molecule has 0 saturated carbocycles. The molecule has 1 aliphatic rings. The number of carbonyl (C=O) groups excluding carboxylic acids is 1. The molecule has 0 aromatic heterocycles. The second-order valence-electron chi connectivity index (χ2n) is 5.46. The molecule has 1 saturated heterocycles. The van der Waals surface area contributed by atoms with E-state index >= 15 is 0 Å². The third kappa shape index (κ3) is 2.92. The predicted octanol–water partition coefficient (Wildman–Crippen LogP) is 2.22. The second kappa shape index (κ2) is 5.25. The lowest BCUT2D eigenvalue weighted by molar-refractivity contribution is -0.129. The zero-order chi connectivity index (χ0) is 14.2. The number of rotatable bonds is 3. The van der Waals surface area contributed by atoms with Crippen molar-refractivity contribution in [2.75, 3.05) is 6.54 Å². The first-order valence-electron chi connectivity index (χ1n) is 6.39. The van der Waals surface area contributed by atoms with Gasteiger partial charge in [0.15, 0.2) is 0 Å². The molecule has 0 spiro atoms. The highest BCUT2D eigenvalue weighted by Gasteiger charge is 2.39. The molecule has 1 heterocycles. The number of nitrogens with zero attached hydrogens (tertiary/aromatic N) is 1. The van der Waals surface area contributed by atoms with Crippen molar-refractivity contribution in [1.82, 2.24) is 4.90 Å². The zero-order valence-electron chi connectivity index (χ0n) is 11.1. The van der Waals surface area contributed by atoms with E-state index in [0.717, 1.165) is 6.07 Å². The Bertz CT molecular complexity index is 470. The van der Waals surface area contributed by atoms with E-state index in [1.54, 1.807) is 4.90 Å². The van der Waals surface area contributed by atoms with Gasteiger partial charge in [0.05, 0.1) is 6.04 Å². The highest BCUT2D eigenvalue weighted by molar-refractivity contribution is 5.80. The summed E-state index contributed by atoms with van der Waals surface area (Å²) in [5.74, 6) is -1.08. The van der Waals surface area contributed by atoms with E-state index in [2.05, 4.69) is 0 Å². The van der Waals surface area contributed by atoms with Crippen LogP contribution in [-0.2, 0) is 4.79 Å². The minimum Gasteiger partial charge on any atom is -0.334 e. The van der Waals surface area contributed by atoms with Gasteiger partial charge in [0.2, 0.25) is 5.91 Å². The van der Waals surface area contributed by atoms with Crippen LogP contribution in [0.5, 0.6) is 0 Å². The summed E-state index contributed by atoms with van der Waals surface area (Å²) in [6.07, 6.45) is 0.218. The van der Waals surface area contributed by atoms with Crippen LogP contribution >= 0.6 is 0 Å². The highest BCUT2D eigenvalue weighted by Crippen LogP contribution is 2.33. The topological polar surface area (TPSA) is 46.3 Å². The average Bonchev–Trinajstić information content (AvgIpc) is 2.51. The summed E-state index contributed by atoms with van der Waals surface area (Å²) in [6, 6.07) is 2.45. The van der Waals surface area contributed by atoms with Gasteiger partial charge in [-0.25, -0.2) is 8.78 Å². The minimum atomic E-state index is -0.647. The molecule has 2 N–H and O–H groups in total. The standard InChI is InChI=1S/C14H18F2N2O/c1-8(2)7-18-13(19)6-12(17)14(18)9-3-10(15)5-11(16)4-9/h3-5,8,12,14H,6-7,17H2,1-2H3. The normalized spacial score (nSPS) is 23.5. The van der Waals surface area contributed by atoms with Gasteiger partial charge in [-0.1, -0.05) is 13.8 Å². The quantitative estimate of drug-likeness (QED) is 0.913. The second-order valence-corrected chi connectivity index (χ2v) is 5.46. The number of benzene rings is 1. The van der Waals surface area contributed by atoms with Crippen molar-refractivity contribution < 1.29 is 13.6 Å². The molecule has 0 aliphatic carbocycles. The molecular weight excluding hydrogens is 250 g/mol. The van der Waals surface area contributed by atoms with Gasteiger partial charge in [0, 0.05) is 25.1 Å². The summed E-state index contributed by atoms with van der Waals surface area (Å²) in [6.45, 7) is 4.51. The van der Waals surface area contributed by atoms with Crippen LogP contribution in [0.25, 0.3) is 0 Å². The minimum absolute atomic E-state index is 0.0594. The molecule has 104 valence electrons. The van der Waals surface area contributed by atoms with Crippen molar-refractivity contribution in [1.29, 1.82) is 0 Å². The fourth-order valence-corrected chi connectivity index (χ4v) is 2.60. The predicted molar refractivity (Wildman–Crippen MR) is 68.2 cm³/mol. The van der Waals surface area contributed by atoms with Crippen LogP contribution in [0.2, 0.25) is 0 Å². The maximum Gasteiger partial charge on any atom is 0.224 e. The zero-order valence-corrected chi connectivity index (χ0v) is 11.1. The van der Waals surface area contributed by atoms with Crippen LogP contribution in [0.4, 0.5) is 8.78 Å². The molecule has 1 amide bonds. The van der Waals surface area contributed by atoms with Gasteiger partial charge < -0.3 is 10.6 Å². The first-order chi connectivity index (χ1) is 8.88. The highest BCUT2D eigenvalue weighted by atomic mass is 19.1. The van der Waals surface area contributed by atoms with Gasteiger partial charge in [-0.3, -0.25) is 4.79 Å². The van der Waals surface area contributed by atoms with Crippen LogP contribution < -0.4 is 5.73 Å². The van der Waals surface area contributed by atoms with Crippen molar-refractivity contribution in [3.63, 3.8) is 0 Å². The lowest BCUT2D eigenvalue weighted by Gasteiger charge is -2.28. The maximum absolute atomic E-state index is 13.3. The smallest absolute Gasteiger partial charge is 0.224 e. The van der Waals surface area contributed by atoms with E-state index in [-0.39, 0.29) is 18.2 Å². The third-order valence-corrected chi connectivity index (χ3v) is 3.26. The largest absolute Gasteiger partial charge is 0.334 e. The van der Waals surface area contributed by atoms with Crippen LogP contribution in [0.1, 0.15) is 31.9 Å². The number of hydrogen-bond donors (Lipinski definition) is 1. The molecule has 2 atom stereocenters. The van der Waals surface area contributed by atoms with Crippen LogP contribution in [-0.4, -0.2) is 23.4 Å². The van der Waals surface area contributed by atoms with E-state index in [9.17, 15) is 13.6 Å². The molecule has 1 aliphatic heterocycles. The summed E-state index contributed by atoms with van der Waals surface area (Å²) >= 11 is 0. The van der Waals surface area contributed by atoms with Crippen molar-refractivity contribution in [3.8, 4) is 0 Å². The molecule has 0 bridgehead atoms. The maximum atomic E-state index is 13.3. The summed E-state index contributed by atoms with van der Waals surface area (Å²) in [4.78, 5) is 13.6. The Labute approximate surface area is 111 Å². The van der Waals surface area contributed by atoms with Crippen molar-refractivity contribution in [2.24, 2.45) is 11.7 Å². The number of halogens is 2.